The molecule has 0 spiro atoms. The van der Waals surface area contributed by atoms with Crippen molar-refractivity contribution in [2.45, 2.75) is 108 Å². The largest absolute Gasteiger partial charge is 0.363 e. The molecular weight excluding hydrogens is 546 g/mol. The average Bonchev–Trinajstić information content (AvgIpc) is 3.61. The number of nitrogens with zero attached hydrogens (tertiary/aromatic N) is 1. The number of benzene rings is 1. The molecule has 1 aromatic carbocycles. The van der Waals surface area contributed by atoms with Crippen LogP contribution in [-0.4, -0.2) is 64.6 Å². The van der Waals surface area contributed by atoms with Gasteiger partial charge >= 0.3 is 6.03 Å². The molecule has 1 aromatic rings. The molecule has 5 amide bonds. The van der Waals surface area contributed by atoms with E-state index in [1.54, 1.807) is 4.90 Å². The normalized spacial score (nSPS) is 30.4. The molecule has 1 heterocycles. The standard InChI is InChI=1S/C33H45N5O5/c1-2-6-25(28(39)29(34)40)35-30(41)26-9-5-10-38(26)31(42)27(24-14-22-7-3-4-8-23(22)15-24)36-32(43)37-33-16-19-11-20(17-33)13-21(12-19)18-33/h3-4,7-8,19-21,24-27H,2,5-6,9-18H2,1H3,(H2,34,40)(H,35,41)(H2,36,37,43)/t19?,20?,21?,25?,26-,27-,33?/m0/s1. The monoisotopic (exact) mass is 591 g/mol. The Kier molecular flexibility index (Phi) is 8.22. The van der Waals surface area contributed by atoms with Gasteiger partial charge in [0.15, 0.2) is 0 Å². The first-order valence-corrected chi connectivity index (χ1v) is 16.2. The van der Waals surface area contributed by atoms with Crippen LogP contribution in [0.1, 0.15) is 82.3 Å². The van der Waals surface area contributed by atoms with E-state index < -0.39 is 35.7 Å². The molecule has 5 N–H and O–H groups in total. The number of carbonyl (C=O) groups excluding carboxylic acids is 5. The third-order valence-electron chi connectivity index (χ3n) is 10.8. The van der Waals surface area contributed by atoms with E-state index >= 15 is 0 Å². The molecule has 5 aliphatic carbocycles. The first kappa shape index (κ1) is 29.6. The summed E-state index contributed by atoms with van der Waals surface area (Å²) in [5.74, 6) is -0.778. The Morgan fingerprint density at radius 1 is 0.953 bits per heavy atom. The number of rotatable bonds is 10. The highest BCUT2D eigenvalue weighted by Crippen LogP contribution is 2.55. The molecule has 1 unspecified atom stereocenters. The molecule has 43 heavy (non-hydrogen) atoms. The first-order chi connectivity index (χ1) is 20.6. The number of ketones is 1. The van der Waals surface area contributed by atoms with Gasteiger partial charge in [-0.15, -0.1) is 0 Å². The van der Waals surface area contributed by atoms with Crippen molar-refractivity contribution in [3.63, 3.8) is 0 Å². The van der Waals surface area contributed by atoms with Crippen LogP contribution in [0.25, 0.3) is 0 Å². The van der Waals surface area contributed by atoms with Crippen molar-refractivity contribution in [2.75, 3.05) is 6.54 Å². The van der Waals surface area contributed by atoms with Crippen molar-refractivity contribution >= 4 is 29.5 Å². The van der Waals surface area contributed by atoms with Crippen LogP contribution >= 0.6 is 0 Å². The minimum atomic E-state index is -1.09. The Hall–Kier alpha value is -3.43. The molecule has 10 heteroatoms. The topological polar surface area (TPSA) is 151 Å². The van der Waals surface area contributed by atoms with Crippen molar-refractivity contribution in [1.82, 2.24) is 20.9 Å². The maximum atomic E-state index is 14.3. The van der Waals surface area contributed by atoms with Gasteiger partial charge in [-0.25, -0.2) is 4.79 Å². The summed E-state index contributed by atoms with van der Waals surface area (Å²) in [5, 5.41) is 9.16. The Labute approximate surface area is 253 Å². The zero-order valence-electron chi connectivity index (χ0n) is 25.1. The number of likely N-dealkylation sites (tertiary alicyclic amines) is 1. The third kappa shape index (κ3) is 6.02. The summed E-state index contributed by atoms with van der Waals surface area (Å²) >= 11 is 0. The lowest BCUT2D eigenvalue weighted by atomic mass is 9.53. The van der Waals surface area contributed by atoms with Gasteiger partial charge in [0, 0.05) is 12.1 Å². The number of hydrogen-bond donors (Lipinski definition) is 4. The lowest BCUT2D eigenvalue weighted by Gasteiger charge is -2.56. The fourth-order valence-electron chi connectivity index (χ4n) is 9.37. The number of hydrogen-bond acceptors (Lipinski definition) is 5. The predicted octanol–water partition coefficient (Wildman–Crippen LogP) is 2.37. The van der Waals surface area contributed by atoms with Gasteiger partial charge in [-0.05, 0) is 105 Å². The summed E-state index contributed by atoms with van der Waals surface area (Å²) in [6.45, 7) is 2.23. The van der Waals surface area contributed by atoms with E-state index in [9.17, 15) is 24.0 Å². The van der Waals surface area contributed by atoms with Crippen molar-refractivity contribution in [3.8, 4) is 0 Å². The number of amides is 5. The van der Waals surface area contributed by atoms with Gasteiger partial charge in [-0.2, -0.15) is 0 Å². The number of carbonyl (C=O) groups is 5. The van der Waals surface area contributed by atoms with Gasteiger partial charge in [0.1, 0.15) is 12.1 Å². The lowest BCUT2D eigenvalue weighted by Crippen LogP contribution is -2.64. The highest BCUT2D eigenvalue weighted by Gasteiger charge is 2.52. The Morgan fingerprint density at radius 3 is 2.12 bits per heavy atom. The molecule has 6 aliphatic rings. The van der Waals surface area contributed by atoms with Crippen molar-refractivity contribution in [2.24, 2.45) is 29.4 Å². The highest BCUT2D eigenvalue weighted by atomic mass is 16.2. The zero-order chi connectivity index (χ0) is 30.3. The van der Waals surface area contributed by atoms with Gasteiger partial charge < -0.3 is 26.6 Å². The number of urea groups is 1. The molecule has 0 radical (unpaired) electrons. The molecule has 4 saturated carbocycles. The highest BCUT2D eigenvalue weighted by molar-refractivity contribution is 6.37. The van der Waals surface area contributed by atoms with Crippen molar-refractivity contribution < 1.29 is 24.0 Å². The smallest absolute Gasteiger partial charge is 0.315 e. The summed E-state index contributed by atoms with van der Waals surface area (Å²) in [7, 11) is 0. The molecular formula is C33H45N5O5. The summed E-state index contributed by atoms with van der Waals surface area (Å²) < 4.78 is 0. The second-order valence-electron chi connectivity index (χ2n) is 14.0. The van der Waals surface area contributed by atoms with E-state index in [4.69, 9.17) is 5.73 Å². The molecule has 0 aromatic heterocycles. The van der Waals surface area contributed by atoms with E-state index in [-0.39, 0.29) is 29.8 Å². The van der Waals surface area contributed by atoms with E-state index in [1.165, 1.54) is 30.4 Å². The quantitative estimate of drug-likeness (QED) is 0.308. The number of Topliss-reactive ketones (excluding diaryl/α,β-unsaturated/α-hetero) is 1. The van der Waals surface area contributed by atoms with E-state index in [0.29, 0.717) is 56.4 Å². The average molecular weight is 592 g/mol. The Balaban J connectivity index is 1.19. The van der Waals surface area contributed by atoms with Crippen LogP contribution in [0.4, 0.5) is 4.79 Å². The molecule has 1 saturated heterocycles. The van der Waals surface area contributed by atoms with Crippen LogP contribution in [-0.2, 0) is 32.0 Å². The molecule has 7 rings (SSSR count). The van der Waals surface area contributed by atoms with Gasteiger partial charge in [-0.3, -0.25) is 19.2 Å². The van der Waals surface area contributed by atoms with Crippen molar-refractivity contribution in [3.05, 3.63) is 35.4 Å². The molecule has 1 aliphatic heterocycles. The first-order valence-electron chi connectivity index (χ1n) is 16.2. The maximum absolute atomic E-state index is 14.3. The minimum Gasteiger partial charge on any atom is -0.363 e. The minimum absolute atomic E-state index is 0.138. The second kappa shape index (κ2) is 11.9. The maximum Gasteiger partial charge on any atom is 0.315 e. The van der Waals surface area contributed by atoms with Crippen molar-refractivity contribution in [1.29, 1.82) is 0 Å². The SMILES string of the molecule is CCCC(NC(=O)[C@@H]1CCCN1C(=O)[C@@H](NC(=O)NC12CC3CC(CC(C3)C1)C2)C1Cc2ccccc2C1)C(=O)C(N)=O. The summed E-state index contributed by atoms with van der Waals surface area (Å²) in [5.41, 5.74) is 7.38. The molecule has 232 valence electrons. The fraction of sp³-hybridized carbons (Fsp3) is 0.667. The van der Waals surface area contributed by atoms with Crippen LogP contribution < -0.4 is 21.7 Å². The lowest BCUT2D eigenvalue weighted by molar-refractivity contribution is -0.142. The Bertz CT molecular complexity index is 1240. The molecule has 3 atom stereocenters. The Morgan fingerprint density at radius 2 is 1.56 bits per heavy atom. The second-order valence-corrected chi connectivity index (χ2v) is 14.0. The fourth-order valence-corrected chi connectivity index (χ4v) is 9.37. The zero-order valence-corrected chi connectivity index (χ0v) is 25.1. The van der Waals surface area contributed by atoms with Crippen LogP contribution in [0.2, 0.25) is 0 Å². The van der Waals surface area contributed by atoms with Gasteiger partial charge in [0.25, 0.3) is 5.91 Å². The van der Waals surface area contributed by atoms with Crippen LogP contribution in [0.5, 0.6) is 0 Å². The third-order valence-corrected chi connectivity index (χ3v) is 10.8. The van der Waals surface area contributed by atoms with Crippen LogP contribution in [0, 0.1) is 23.7 Å². The number of primary amides is 1. The summed E-state index contributed by atoms with van der Waals surface area (Å²) in [6, 6.07) is 5.23. The van der Waals surface area contributed by atoms with Gasteiger partial charge in [-0.1, -0.05) is 37.6 Å². The van der Waals surface area contributed by atoms with E-state index in [1.807, 2.05) is 19.1 Å². The number of fused-ring (bicyclic) bond motifs is 1. The molecule has 10 nitrogen and oxygen atoms in total. The summed E-state index contributed by atoms with van der Waals surface area (Å²) in [4.78, 5) is 66.9. The van der Waals surface area contributed by atoms with E-state index in [2.05, 4.69) is 28.1 Å². The van der Waals surface area contributed by atoms with Gasteiger partial charge in [0.2, 0.25) is 17.6 Å². The van der Waals surface area contributed by atoms with Crippen LogP contribution in [0.3, 0.4) is 0 Å². The molecule has 4 bridgehead atoms. The summed E-state index contributed by atoms with van der Waals surface area (Å²) in [6.07, 6.45) is 10.1. The predicted molar refractivity (Wildman–Crippen MR) is 159 cm³/mol. The number of nitrogens with two attached hydrogens (primary N) is 1. The van der Waals surface area contributed by atoms with Gasteiger partial charge in [0.05, 0.1) is 6.04 Å². The van der Waals surface area contributed by atoms with E-state index in [0.717, 1.165) is 19.3 Å². The molecule has 5 fully saturated rings. The number of nitrogens with one attached hydrogen (secondary N) is 3. The van der Waals surface area contributed by atoms with Crippen LogP contribution in [0.15, 0.2) is 24.3 Å².